The van der Waals surface area contributed by atoms with Crippen LogP contribution in [0.1, 0.15) is 48.3 Å². The standard InChI is InChI=1S/C13H20N2OS/c16-12(13-14-7-11-17-13)6-5-10-15-8-3-1-2-4-9-15/h7,11H,1-6,8-10H2. The zero-order chi connectivity index (χ0) is 11.9. The summed E-state index contributed by atoms with van der Waals surface area (Å²) in [6, 6.07) is 0. The van der Waals surface area contributed by atoms with Gasteiger partial charge in [0.2, 0.25) is 0 Å². The van der Waals surface area contributed by atoms with Crippen LogP contribution in [0.5, 0.6) is 0 Å². The Morgan fingerprint density at radius 1 is 1.29 bits per heavy atom. The highest BCUT2D eigenvalue weighted by atomic mass is 32.1. The van der Waals surface area contributed by atoms with Gasteiger partial charge in [0.1, 0.15) is 0 Å². The summed E-state index contributed by atoms with van der Waals surface area (Å²) < 4.78 is 0. The molecule has 0 radical (unpaired) electrons. The predicted molar refractivity (Wildman–Crippen MR) is 70.6 cm³/mol. The van der Waals surface area contributed by atoms with Gasteiger partial charge >= 0.3 is 0 Å². The van der Waals surface area contributed by atoms with E-state index in [0.717, 1.165) is 13.0 Å². The number of rotatable bonds is 5. The Labute approximate surface area is 107 Å². The van der Waals surface area contributed by atoms with E-state index < -0.39 is 0 Å². The minimum atomic E-state index is 0.204. The third-order valence-corrected chi connectivity index (χ3v) is 4.06. The summed E-state index contributed by atoms with van der Waals surface area (Å²) >= 11 is 1.45. The highest BCUT2D eigenvalue weighted by molar-refractivity contribution is 7.11. The number of carbonyl (C=O) groups excluding carboxylic acids is 1. The van der Waals surface area contributed by atoms with Gasteiger partial charge in [-0.25, -0.2) is 4.98 Å². The molecule has 1 aromatic heterocycles. The molecule has 1 aromatic rings. The Hall–Kier alpha value is -0.740. The van der Waals surface area contributed by atoms with Gasteiger partial charge in [0.15, 0.2) is 10.8 Å². The van der Waals surface area contributed by atoms with Crippen LogP contribution in [0.3, 0.4) is 0 Å². The average Bonchev–Trinajstić information content (AvgIpc) is 2.75. The molecule has 0 bridgehead atoms. The van der Waals surface area contributed by atoms with Crippen molar-refractivity contribution < 1.29 is 4.79 Å². The molecule has 0 saturated carbocycles. The molecule has 1 aliphatic rings. The molecule has 0 N–H and O–H groups in total. The first-order valence-electron chi connectivity index (χ1n) is 6.51. The molecular weight excluding hydrogens is 232 g/mol. The SMILES string of the molecule is O=C(CCCN1CCCCCC1)c1nccs1. The van der Waals surface area contributed by atoms with Crippen molar-refractivity contribution in [3.05, 3.63) is 16.6 Å². The second-order valence-electron chi connectivity index (χ2n) is 4.62. The molecule has 0 atom stereocenters. The molecule has 0 aromatic carbocycles. The largest absolute Gasteiger partial charge is 0.303 e. The molecule has 1 fully saturated rings. The Kier molecular flexibility index (Phi) is 5.13. The Morgan fingerprint density at radius 2 is 2.06 bits per heavy atom. The van der Waals surface area contributed by atoms with E-state index in [1.807, 2.05) is 5.38 Å². The molecule has 0 aliphatic carbocycles. The maximum absolute atomic E-state index is 11.7. The first-order valence-corrected chi connectivity index (χ1v) is 7.39. The zero-order valence-corrected chi connectivity index (χ0v) is 11.0. The van der Waals surface area contributed by atoms with E-state index in [-0.39, 0.29) is 5.78 Å². The maximum atomic E-state index is 11.7. The van der Waals surface area contributed by atoms with Crippen LogP contribution in [0.2, 0.25) is 0 Å². The summed E-state index contributed by atoms with van der Waals surface area (Å²) in [6.45, 7) is 3.49. The van der Waals surface area contributed by atoms with E-state index in [9.17, 15) is 4.79 Å². The van der Waals surface area contributed by atoms with Gasteiger partial charge in [-0.1, -0.05) is 12.8 Å². The molecular formula is C13H20N2OS. The fraction of sp³-hybridized carbons (Fsp3) is 0.692. The number of hydrogen-bond acceptors (Lipinski definition) is 4. The van der Waals surface area contributed by atoms with Gasteiger partial charge in [0.05, 0.1) is 0 Å². The number of Topliss-reactive ketones (excluding diaryl/α,β-unsaturated/α-hetero) is 1. The number of hydrogen-bond donors (Lipinski definition) is 0. The number of carbonyl (C=O) groups is 1. The summed E-state index contributed by atoms with van der Waals surface area (Å²) in [5, 5.41) is 2.53. The first-order chi connectivity index (χ1) is 8.36. The molecule has 0 amide bonds. The van der Waals surface area contributed by atoms with E-state index in [1.165, 1.54) is 50.1 Å². The van der Waals surface area contributed by atoms with Gasteiger partial charge < -0.3 is 4.90 Å². The van der Waals surface area contributed by atoms with Crippen molar-refractivity contribution in [1.82, 2.24) is 9.88 Å². The second kappa shape index (κ2) is 6.87. The number of likely N-dealkylation sites (tertiary alicyclic amines) is 1. The van der Waals surface area contributed by atoms with Crippen molar-refractivity contribution in [2.45, 2.75) is 38.5 Å². The van der Waals surface area contributed by atoms with Crippen LogP contribution < -0.4 is 0 Å². The van der Waals surface area contributed by atoms with Crippen molar-refractivity contribution in [1.29, 1.82) is 0 Å². The molecule has 1 aliphatic heterocycles. The maximum Gasteiger partial charge on any atom is 0.191 e. The van der Waals surface area contributed by atoms with Crippen LogP contribution in [-0.4, -0.2) is 35.3 Å². The van der Waals surface area contributed by atoms with Crippen LogP contribution in [0.25, 0.3) is 0 Å². The minimum absolute atomic E-state index is 0.204. The molecule has 94 valence electrons. The van der Waals surface area contributed by atoms with Crippen LogP contribution in [0.15, 0.2) is 11.6 Å². The monoisotopic (exact) mass is 252 g/mol. The van der Waals surface area contributed by atoms with Crippen LogP contribution in [-0.2, 0) is 0 Å². The van der Waals surface area contributed by atoms with E-state index in [1.54, 1.807) is 6.20 Å². The Morgan fingerprint density at radius 3 is 2.71 bits per heavy atom. The van der Waals surface area contributed by atoms with E-state index >= 15 is 0 Å². The lowest BCUT2D eigenvalue weighted by Gasteiger charge is -2.18. The third-order valence-electron chi connectivity index (χ3n) is 3.25. The Balaban J connectivity index is 1.66. The van der Waals surface area contributed by atoms with E-state index in [0.29, 0.717) is 11.4 Å². The predicted octanol–water partition coefficient (Wildman–Crippen LogP) is 2.98. The van der Waals surface area contributed by atoms with Gasteiger partial charge in [-0.2, -0.15) is 0 Å². The molecule has 3 nitrogen and oxygen atoms in total. The van der Waals surface area contributed by atoms with Crippen molar-refractivity contribution in [3.8, 4) is 0 Å². The zero-order valence-electron chi connectivity index (χ0n) is 10.2. The van der Waals surface area contributed by atoms with Crippen LogP contribution >= 0.6 is 11.3 Å². The number of thiazole rings is 1. The smallest absolute Gasteiger partial charge is 0.191 e. The summed E-state index contributed by atoms with van der Waals surface area (Å²) in [5.41, 5.74) is 0. The quantitative estimate of drug-likeness (QED) is 0.755. The van der Waals surface area contributed by atoms with Gasteiger partial charge in [-0.05, 0) is 38.9 Å². The van der Waals surface area contributed by atoms with E-state index in [4.69, 9.17) is 0 Å². The fourth-order valence-corrected chi connectivity index (χ4v) is 2.90. The molecule has 17 heavy (non-hydrogen) atoms. The molecule has 0 spiro atoms. The van der Waals surface area contributed by atoms with Crippen molar-refractivity contribution in [2.24, 2.45) is 0 Å². The topological polar surface area (TPSA) is 33.2 Å². The normalized spacial score (nSPS) is 17.9. The van der Waals surface area contributed by atoms with Crippen molar-refractivity contribution in [2.75, 3.05) is 19.6 Å². The highest BCUT2D eigenvalue weighted by Gasteiger charge is 2.11. The van der Waals surface area contributed by atoms with Gasteiger partial charge in [0, 0.05) is 18.0 Å². The van der Waals surface area contributed by atoms with Gasteiger partial charge in [-0.3, -0.25) is 4.79 Å². The van der Waals surface area contributed by atoms with E-state index in [2.05, 4.69) is 9.88 Å². The highest BCUT2D eigenvalue weighted by Crippen LogP contribution is 2.12. The van der Waals surface area contributed by atoms with Crippen molar-refractivity contribution >= 4 is 17.1 Å². The lowest BCUT2D eigenvalue weighted by atomic mass is 10.2. The molecule has 2 heterocycles. The molecule has 1 saturated heterocycles. The van der Waals surface area contributed by atoms with Crippen LogP contribution in [0.4, 0.5) is 0 Å². The second-order valence-corrected chi connectivity index (χ2v) is 5.51. The first kappa shape index (κ1) is 12.7. The van der Waals surface area contributed by atoms with Gasteiger partial charge in [0.25, 0.3) is 0 Å². The van der Waals surface area contributed by atoms with Crippen molar-refractivity contribution in [3.63, 3.8) is 0 Å². The lowest BCUT2D eigenvalue weighted by Crippen LogP contribution is -2.26. The molecule has 0 unspecified atom stereocenters. The Bertz CT molecular complexity index is 329. The summed E-state index contributed by atoms with van der Waals surface area (Å²) in [7, 11) is 0. The fourth-order valence-electron chi connectivity index (χ4n) is 2.29. The number of aromatic nitrogens is 1. The average molecular weight is 252 g/mol. The van der Waals surface area contributed by atoms with Gasteiger partial charge in [-0.15, -0.1) is 11.3 Å². The summed E-state index contributed by atoms with van der Waals surface area (Å²) in [6.07, 6.45) is 8.69. The summed E-state index contributed by atoms with van der Waals surface area (Å²) in [4.78, 5) is 18.3. The molecule has 4 heteroatoms. The number of ketones is 1. The number of nitrogens with zero attached hydrogens (tertiary/aromatic N) is 2. The van der Waals surface area contributed by atoms with Crippen LogP contribution in [0, 0.1) is 0 Å². The molecule has 2 rings (SSSR count). The third kappa shape index (κ3) is 4.21. The minimum Gasteiger partial charge on any atom is -0.303 e. The summed E-state index contributed by atoms with van der Waals surface area (Å²) in [5.74, 6) is 0.204. The lowest BCUT2D eigenvalue weighted by molar-refractivity contribution is 0.0974.